The first-order valence-corrected chi connectivity index (χ1v) is 7.10. The Balaban J connectivity index is 2.19. The van der Waals surface area contributed by atoms with Gasteiger partial charge in [0.25, 0.3) is 0 Å². The van der Waals surface area contributed by atoms with Crippen molar-refractivity contribution in [3.05, 3.63) is 35.3 Å². The molecule has 8 heteroatoms. The summed E-state index contributed by atoms with van der Waals surface area (Å²) in [6.07, 6.45) is 0. The molecule has 2 N–H and O–H groups in total. The van der Waals surface area contributed by atoms with Crippen molar-refractivity contribution in [1.82, 2.24) is 10.1 Å². The zero-order valence-corrected chi connectivity index (χ0v) is 11.2. The highest BCUT2D eigenvalue weighted by molar-refractivity contribution is 7.91. The second kappa shape index (κ2) is 4.88. The summed E-state index contributed by atoms with van der Waals surface area (Å²) in [6.45, 7) is 3.36. The Morgan fingerprint density at radius 2 is 2.11 bits per heavy atom. The predicted octanol–water partition coefficient (Wildman–Crippen LogP) is 1.33. The van der Waals surface area contributed by atoms with Crippen molar-refractivity contribution in [2.24, 2.45) is 0 Å². The minimum absolute atomic E-state index is 0.0970. The monoisotopic (exact) mass is 283 g/mol. The topological polar surface area (TPSA) is 105 Å². The Bertz CT molecular complexity index is 694. The number of anilines is 1. The van der Waals surface area contributed by atoms with Crippen molar-refractivity contribution in [3.8, 4) is 5.75 Å². The average molecular weight is 283 g/mol. The molecule has 2 rings (SSSR count). The smallest absolute Gasteiger partial charge is 0.239 e. The second-order valence-electron chi connectivity index (χ2n) is 4.11. The summed E-state index contributed by atoms with van der Waals surface area (Å²) < 4.78 is 30.8. The van der Waals surface area contributed by atoms with Crippen molar-refractivity contribution >= 4 is 15.8 Å². The van der Waals surface area contributed by atoms with Crippen LogP contribution in [0, 0.1) is 13.8 Å². The lowest BCUT2D eigenvalue weighted by atomic mass is 10.3. The number of aryl methyl sites for hydroxylation is 2. The van der Waals surface area contributed by atoms with E-state index < -0.39 is 10.0 Å². The number of nitrogens with zero attached hydrogens (tertiary/aromatic N) is 2. The average Bonchev–Trinajstić information content (AvgIpc) is 2.68. The van der Waals surface area contributed by atoms with Crippen LogP contribution in [0.4, 0.5) is 5.82 Å². The first kappa shape index (κ1) is 13.3. The molecule has 0 aliphatic carbocycles. The Hall–Kier alpha value is -2.09. The SMILES string of the molecule is Cc1ccc(O)c(NS(=O)(=O)Cc2cc(C)on2)n1. The van der Waals surface area contributed by atoms with Crippen LogP contribution in [0.2, 0.25) is 0 Å². The Morgan fingerprint density at radius 1 is 1.37 bits per heavy atom. The van der Waals surface area contributed by atoms with E-state index in [0.29, 0.717) is 11.5 Å². The lowest BCUT2D eigenvalue weighted by Gasteiger charge is -2.07. The number of aromatic nitrogens is 2. The molecular formula is C11H13N3O4S. The number of hydrogen-bond donors (Lipinski definition) is 2. The summed E-state index contributed by atoms with van der Waals surface area (Å²) in [5.41, 5.74) is 0.880. The van der Waals surface area contributed by atoms with Gasteiger partial charge in [0, 0.05) is 11.8 Å². The lowest BCUT2D eigenvalue weighted by Crippen LogP contribution is -2.16. The van der Waals surface area contributed by atoms with Gasteiger partial charge in [-0.25, -0.2) is 13.4 Å². The van der Waals surface area contributed by atoms with Gasteiger partial charge in [-0.3, -0.25) is 4.72 Å². The summed E-state index contributed by atoms with van der Waals surface area (Å²) in [6, 6.07) is 4.48. The van der Waals surface area contributed by atoms with Crippen LogP contribution >= 0.6 is 0 Å². The maximum atomic E-state index is 11.9. The molecule has 0 aliphatic rings. The number of rotatable bonds is 4. The fraction of sp³-hybridized carbons (Fsp3) is 0.273. The van der Waals surface area contributed by atoms with Crippen LogP contribution < -0.4 is 4.72 Å². The van der Waals surface area contributed by atoms with Crippen LogP contribution in [0.25, 0.3) is 0 Å². The van der Waals surface area contributed by atoms with Gasteiger partial charge < -0.3 is 9.63 Å². The van der Waals surface area contributed by atoms with E-state index in [1.165, 1.54) is 12.1 Å². The molecule has 2 aromatic rings. The zero-order chi connectivity index (χ0) is 14.0. The molecule has 2 heterocycles. The zero-order valence-electron chi connectivity index (χ0n) is 10.4. The van der Waals surface area contributed by atoms with Crippen molar-refractivity contribution in [2.45, 2.75) is 19.6 Å². The molecule has 0 aromatic carbocycles. The van der Waals surface area contributed by atoms with E-state index in [1.54, 1.807) is 19.9 Å². The van der Waals surface area contributed by atoms with Gasteiger partial charge in [-0.2, -0.15) is 0 Å². The molecule has 0 amide bonds. The van der Waals surface area contributed by atoms with Crippen molar-refractivity contribution in [3.63, 3.8) is 0 Å². The highest BCUT2D eigenvalue weighted by atomic mass is 32.2. The predicted molar refractivity (Wildman–Crippen MR) is 68.1 cm³/mol. The Kier molecular flexibility index (Phi) is 3.43. The van der Waals surface area contributed by atoms with E-state index in [2.05, 4.69) is 14.9 Å². The molecule has 0 spiro atoms. The minimum atomic E-state index is -3.71. The molecule has 19 heavy (non-hydrogen) atoms. The highest BCUT2D eigenvalue weighted by Crippen LogP contribution is 2.22. The molecule has 0 saturated carbocycles. The van der Waals surface area contributed by atoms with Crippen molar-refractivity contribution < 1.29 is 18.0 Å². The molecule has 0 fully saturated rings. The number of sulfonamides is 1. The molecule has 2 aromatic heterocycles. The van der Waals surface area contributed by atoms with Gasteiger partial charge in [-0.15, -0.1) is 0 Å². The molecular weight excluding hydrogens is 270 g/mol. The molecule has 0 aliphatic heterocycles. The van der Waals surface area contributed by atoms with E-state index in [9.17, 15) is 13.5 Å². The van der Waals surface area contributed by atoms with Gasteiger partial charge in [0.05, 0.1) is 0 Å². The van der Waals surface area contributed by atoms with Crippen LogP contribution in [0.15, 0.2) is 22.7 Å². The minimum Gasteiger partial charge on any atom is -0.504 e. The first-order chi connectivity index (χ1) is 8.85. The van der Waals surface area contributed by atoms with Gasteiger partial charge in [0.2, 0.25) is 10.0 Å². The fourth-order valence-electron chi connectivity index (χ4n) is 1.49. The lowest BCUT2D eigenvalue weighted by molar-refractivity contribution is 0.392. The summed E-state index contributed by atoms with van der Waals surface area (Å²) in [5, 5.41) is 13.2. The van der Waals surface area contributed by atoms with Gasteiger partial charge in [0.15, 0.2) is 11.6 Å². The molecule has 0 bridgehead atoms. The molecule has 0 radical (unpaired) electrons. The summed E-state index contributed by atoms with van der Waals surface area (Å²) >= 11 is 0. The molecule has 0 atom stereocenters. The number of pyridine rings is 1. The summed E-state index contributed by atoms with van der Waals surface area (Å²) in [4.78, 5) is 3.92. The molecule has 7 nitrogen and oxygen atoms in total. The number of nitrogens with one attached hydrogen (secondary N) is 1. The molecule has 102 valence electrons. The third-order valence-corrected chi connectivity index (χ3v) is 3.46. The quantitative estimate of drug-likeness (QED) is 0.877. The third-order valence-electron chi connectivity index (χ3n) is 2.28. The summed E-state index contributed by atoms with van der Waals surface area (Å²) in [7, 11) is -3.71. The maximum Gasteiger partial charge on any atom is 0.239 e. The standard InChI is InChI=1S/C11H13N3O4S/c1-7-3-4-10(15)11(12-7)14-19(16,17)6-9-5-8(2)18-13-9/h3-5,15H,6H2,1-2H3,(H,12,14). The van der Waals surface area contributed by atoms with Crippen LogP contribution in [0.1, 0.15) is 17.1 Å². The van der Waals surface area contributed by atoms with Gasteiger partial charge in [-0.05, 0) is 26.0 Å². The van der Waals surface area contributed by atoms with E-state index in [1.807, 2.05) is 0 Å². The van der Waals surface area contributed by atoms with Gasteiger partial charge in [-0.1, -0.05) is 5.16 Å². The first-order valence-electron chi connectivity index (χ1n) is 5.45. The molecule has 0 unspecified atom stereocenters. The fourth-order valence-corrected chi connectivity index (χ4v) is 2.53. The van der Waals surface area contributed by atoms with Crippen LogP contribution in [0.3, 0.4) is 0 Å². The molecule has 0 saturated heterocycles. The van der Waals surface area contributed by atoms with E-state index in [0.717, 1.165) is 0 Å². The van der Waals surface area contributed by atoms with Gasteiger partial charge in [0.1, 0.15) is 17.2 Å². The highest BCUT2D eigenvalue weighted by Gasteiger charge is 2.17. The Morgan fingerprint density at radius 3 is 2.74 bits per heavy atom. The van der Waals surface area contributed by atoms with Crippen LogP contribution in [0.5, 0.6) is 5.75 Å². The third kappa shape index (κ3) is 3.44. The Labute approximate surface area is 110 Å². The largest absolute Gasteiger partial charge is 0.504 e. The number of aromatic hydroxyl groups is 1. The maximum absolute atomic E-state index is 11.9. The van der Waals surface area contributed by atoms with E-state index >= 15 is 0 Å². The van der Waals surface area contributed by atoms with Gasteiger partial charge >= 0.3 is 0 Å². The summed E-state index contributed by atoms with van der Waals surface area (Å²) in [5.74, 6) is -0.146. The van der Waals surface area contributed by atoms with Crippen LogP contribution in [-0.4, -0.2) is 23.7 Å². The van der Waals surface area contributed by atoms with Crippen molar-refractivity contribution in [2.75, 3.05) is 4.72 Å². The van der Waals surface area contributed by atoms with E-state index in [-0.39, 0.29) is 23.0 Å². The van der Waals surface area contributed by atoms with E-state index in [4.69, 9.17) is 4.52 Å². The van der Waals surface area contributed by atoms with Crippen LogP contribution in [-0.2, 0) is 15.8 Å². The normalized spacial score (nSPS) is 11.5. The van der Waals surface area contributed by atoms with Crippen molar-refractivity contribution in [1.29, 1.82) is 0 Å². The number of hydrogen-bond acceptors (Lipinski definition) is 6. The second-order valence-corrected chi connectivity index (χ2v) is 5.83.